The monoisotopic (exact) mass is 299 g/mol. The average Bonchev–Trinajstić information content (AvgIpc) is 2.74. The quantitative estimate of drug-likeness (QED) is 0.926. The van der Waals surface area contributed by atoms with Crippen molar-refractivity contribution in [1.29, 1.82) is 0 Å². The molecule has 4 nitrogen and oxygen atoms in total. The second-order valence-corrected chi connectivity index (χ2v) is 5.81. The molecule has 2 rings (SSSR count). The molecule has 6 heteroatoms. The van der Waals surface area contributed by atoms with Crippen LogP contribution in [0.1, 0.15) is 12.0 Å². The predicted molar refractivity (Wildman–Crippen MR) is 75.7 cm³/mol. The van der Waals surface area contributed by atoms with E-state index >= 15 is 0 Å². The van der Waals surface area contributed by atoms with Crippen molar-refractivity contribution in [2.24, 2.45) is 0 Å². The average molecular weight is 300 g/mol. The van der Waals surface area contributed by atoms with Crippen LogP contribution in [0.4, 0.5) is 0 Å². The van der Waals surface area contributed by atoms with Crippen molar-refractivity contribution in [3.63, 3.8) is 0 Å². The molecule has 0 aliphatic carbocycles. The Labute approximate surface area is 120 Å². The molecule has 1 heterocycles. The van der Waals surface area contributed by atoms with E-state index in [4.69, 9.17) is 16.3 Å². The predicted octanol–water partition coefficient (Wildman–Crippen LogP) is 2.18. The van der Waals surface area contributed by atoms with Crippen LogP contribution in [0.5, 0.6) is 5.75 Å². The Morgan fingerprint density at radius 2 is 2.37 bits per heavy atom. The maximum absolute atomic E-state index is 11.7. The molecule has 1 unspecified atom stereocenters. The lowest BCUT2D eigenvalue weighted by atomic mass is 10.2. The van der Waals surface area contributed by atoms with Crippen LogP contribution in [0.3, 0.4) is 0 Å². The van der Waals surface area contributed by atoms with Crippen LogP contribution in [0.25, 0.3) is 0 Å². The number of amides is 1. The summed E-state index contributed by atoms with van der Waals surface area (Å²) >= 11 is 7.09. The standard InChI is InChI=1S/C13H14ClNO3S/c1-8-6-9(14)2-3-11(8)18-7-12(16)15-10-4-5-19-13(10)17/h2-3,6,10H,4-5,7H2,1H3,(H,15,16). The number of hydrogen-bond acceptors (Lipinski definition) is 4. The first kappa shape index (κ1) is 14.2. The molecular formula is C13H14ClNO3S. The normalized spacial score (nSPS) is 18.4. The number of rotatable bonds is 4. The van der Waals surface area contributed by atoms with Crippen molar-refractivity contribution in [1.82, 2.24) is 5.32 Å². The lowest BCUT2D eigenvalue weighted by Crippen LogP contribution is -2.39. The number of ether oxygens (including phenoxy) is 1. The van der Waals surface area contributed by atoms with Crippen LogP contribution in [0.15, 0.2) is 18.2 Å². The lowest BCUT2D eigenvalue weighted by Gasteiger charge is -2.12. The Bertz CT molecular complexity index is 507. The topological polar surface area (TPSA) is 55.4 Å². The van der Waals surface area contributed by atoms with Gasteiger partial charge in [-0.3, -0.25) is 9.59 Å². The molecule has 19 heavy (non-hydrogen) atoms. The van der Waals surface area contributed by atoms with E-state index in [2.05, 4.69) is 5.32 Å². The van der Waals surface area contributed by atoms with Gasteiger partial charge in [-0.15, -0.1) is 0 Å². The number of nitrogens with one attached hydrogen (secondary N) is 1. The summed E-state index contributed by atoms with van der Waals surface area (Å²) in [5, 5.41) is 3.32. The second-order valence-electron chi connectivity index (χ2n) is 4.27. The Balaban J connectivity index is 1.84. The number of benzene rings is 1. The Hall–Kier alpha value is -1.20. The molecule has 1 aromatic carbocycles. The van der Waals surface area contributed by atoms with E-state index in [-0.39, 0.29) is 23.7 Å². The minimum absolute atomic E-state index is 0.0241. The summed E-state index contributed by atoms with van der Waals surface area (Å²) < 4.78 is 5.41. The van der Waals surface area contributed by atoms with E-state index < -0.39 is 0 Å². The third-order valence-electron chi connectivity index (χ3n) is 2.77. The van der Waals surface area contributed by atoms with Crippen molar-refractivity contribution in [3.8, 4) is 5.75 Å². The highest BCUT2D eigenvalue weighted by atomic mass is 35.5. The molecule has 1 amide bonds. The van der Waals surface area contributed by atoms with E-state index in [1.807, 2.05) is 6.92 Å². The molecule has 1 aliphatic rings. The van der Waals surface area contributed by atoms with Gasteiger partial charge < -0.3 is 10.1 Å². The van der Waals surface area contributed by atoms with Crippen LogP contribution >= 0.6 is 23.4 Å². The number of hydrogen-bond donors (Lipinski definition) is 1. The zero-order valence-corrected chi connectivity index (χ0v) is 12.0. The number of thioether (sulfide) groups is 1. The number of aryl methyl sites for hydroxylation is 1. The molecule has 1 aliphatic heterocycles. The third-order valence-corrected chi connectivity index (χ3v) is 4.01. The first-order valence-electron chi connectivity index (χ1n) is 5.91. The van der Waals surface area contributed by atoms with Gasteiger partial charge in [0, 0.05) is 10.8 Å². The van der Waals surface area contributed by atoms with Gasteiger partial charge in [-0.25, -0.2) is 0 Å². The fraction of sp³-hybridized carbons (Fsp3) is 0.385. The minimum Gasteiger partial charge on any atom is -0.484 e. The Morgan fingerprint density at radius 1 is 1.58 bits per heavy atom. The lowest BCUT2D eigenvalue weighted by molar-refractivity contribution is -0.126. The summed E-state index contributed by atoms with van der Waals surface area (Å²) in [6.07, 6.45) is 0.690. The van der Waals surface area contributed by atoms with Gasteiger partial charge in [0.25, 0.3) is 5.91 Å². The van der Waals surface area contributed by atoms with Gasteiger partial charge in [-0.05, 0) is 37.1 Å². The third kappa shape index (κ3) is 3.88. The van der Waals surface area contributed by atoms with E-state index in [1.54, 1.807) is 18.2 Å². The van der Waals surface area contributed by atoms with Crippen molar-refractivity contribution in [2.75, 3.05) is 12.4 Å². The maximum Gasteiger partial charge on any atom is 0.258 e. The Morgan fingerprint density at radius 3 is 3.00 bits per heavy atom. The maximum atomic E-state index is 11.7. The molecule has 0 spiro atoms. The summed E-state index contributed by atoms with van der Waals surface area (Å²) in [6, 6.07) is 4.83. The Kier molecular flexibility index (Phi) is 4.71. The number of halogens is 1. The zero-order chi connectivity index (χ0) is 13.8. The molecule has 102 valence electrons. The van der Waals surface area contributed by atoms with E-state index in [0.717, 1.165) is 11.3 Å². The molecule has 1 fully saturated rings. The molecule has 1 N–H and O–H groups in total. The smallest absolute Gasteiger partial charge is 0.258 e. The van der Waals surface area contributed by atoms with E-state index in [0.29, 0.717) is 17.2 Å². The van der Waals surface area contributed by atoms with E-state index in [9.17, 15) is 9.59 Å². The summed E-state index contributed by atoms with van der Waals surface area (Å²) in [5.41, 5.74) is 0.868. The second kappa shape index (κ2) is 6.30. The summed E-state index contributed by atoms with van der Waals surface area (Å²) in [6.45, 7) is 1.76. The van der Waals surface area contributed by atoms with Gasteiger partial charge in [0.15, 0.2) is 6.61 Å². The summed E-state index contributed by atoms with van der Waals surface area (Å²) in [7, 11) is 0. The molecule has 1 saturated heterocycles. The van der Waals surface area contributed by atoms with Crippen molar-refractivity contribution in [3.05, 3.63) is 28.8 Å². The molecule has 1 aromatic rings. The van der Waals surface area contributed by atoms with Gasteiger partial charge in [0.2, 0.25) is 5.12 Å². The first-order valence-corrected chi connectivity index (χ1v) is 7.27. The highest BCUT2D eigenvalue weighted by Crippen LogP contribution is 2.22. The highest BCUT2D eigenvalue weighted by molar-refractivity contribution is 8.14. The summed E-state index contributed by atoms with van der Waals surface area (Å²) in [5.74, 6) is 1.10. The number of carbonyl (C=O) groups excluding carboxylic acids is 2. The molecule has 1 atom stereocenters. The van der Waals surface area contributed by atoms with Crippen LogP contribution in [-0.4, -0.2) is 29.4 Å². The van der Waals surface area contributed by atoms with Crippen LogP contribution in [-0.2, 0) is 9.59 Å². The van der Waals surface area contributed by atoms with Crippen LogP contribution in [0.2, 0.25) is 5.02 Å². The van der Waals surface area contributed by atoms with Gasteiger partial charge in [-0.2, -0.15) is 0 Å². The first-order chi connectivity index (χ1) is 9.06. The molecule has 0 radical (unpaired) electrons. The van der Waals surface area contributed by atoms with Gasteiger partial charge in [0.1, 0.15) is 5.75 Å². The molecule has 0 aromatic heterocycles. The summed E-state index contributed by atoms with van der Waals surface area (Å²) in [4.78, 5) is 23.0. The molecule has 0 bridgehead atoms. The van der Waals surface area contributed by atoms with Gasteiger partial charge in [-0.1, -0.05) is 23.4 Å². The largest absolute Gasteiger partial charge is 0.484 e. The van der Waals surface area contributed by atoms with Crippen LogP contribution < -0.4 is 10.1 Å². The van der Waals surface area contributed by atoms with Crippen molar-refractivity contribution >= 4 is 34.4 Å². The highest BCUT2D eigenvalue weighted by Gasteiger charge is 2.26. The fourth-order valence-electron chi connectivity index (χ4n) is 1.78. The molecular weight excluding hydrogens is 286 g/mol. The van der Waals surface area contributed by atoms with Crippen molar-refractivity contribution < 1.29 is 14.3 Å². The fourth-order valence-corrected chi connectivity index (χ4v) is 2.94. The minimum atomic E-state index is -0.368. The zero-order valence-electron chi connectivity index (χ0n) is 10.4. The number of carbonyl (C=O) groups is 2. The van der Waals surface area contributed by atoms with Crippen molar-refractivity contribution in [2.45, 2.75) is 19.4 Å². The molecule has 0 saturated carbocycles. The van der Waals surface area contributed by atoms with Gasteiger partial charge in [0.05, 0.1) is 6.04 Å². The van der Waals surface area contributed by atoms with Crippen LogP contribution in [0, 0.1) is 6.92 Å². The SMILES string of the molecule is Cc1cc(Cl)ccc1OCC(=O)NC1CCSC1=O. The van der Waals surface area contributed by atoms with E-state index in [1.165, 1.54) is 11.8 Å². The van der Waals surface area contributed by atoms with Gasteiger partial charge >= 0.3 is 0 Å².